The number of nitrogens with one attached hydrogen (secondary N) is 1. The Balaban J connectivity index is 1.57. The fraction of sp³-hybridized carbons (Fsp3) is 0. The Labute approximate surface area is 165 Å². The molecular weight excluding hydrogens is 373 g/mol. The zero-order chi connectivity index (χ0) is 20.6. The van der Waals surface area contributed by atoms with Crippen LogP contribution in [0, 0.1) is 17.1 Å². The van der Waals surface area contributed by atoms with Gasteiger partial charge in [0.25, 0.3) is 5.91 Å². The van der Waals surface area contributed by atoms with Crippen molar-refractivity contribution in [2.45, 2.75) is 0 Å². The lowest BCUT2D eigenvalue weighted by atomic mass is 10.1. The Kier molecular flexibility index (Phi) is 6.08. The van der Waals surface area contributed by atoms with Gasteiger partial charge in [-0.15, -0.1) is 0 Å². The van der Waals surface area contributed by atoms with Crippen molar-refractivity contribution in [2.24, 2.45) is 5.10 Å². The van der Waals surface area contributed by atoms with Crippen LogP contribution in [0.15, 0.2) is 77.9 Å². The fourth-order valence-electron chi connectivity index (χ4n) is 2.34. The topological polar surface area (TPSA) is 91.6 Å². The molecule has 29 heavy (non-hydrogen) atoms. The first-order valence-corrected chi connectivity index (χ1v) is 8.47. The minimum Gasteiger partial charge on any atom is -0.423 e. The lowest BCUT2D eigenvalue weighted by Crippen LogP contribution is -2.17. The molecule has 1 amide bonds. The summed E-state index contributed by atoms with van der Waals surface area (Å²) in [5.41, 5.74) is 3.71. The lowest BCUT2D eigenvalue weighted by molar-refractivity contribution is 0.0729. The number of esters is 1. The normalized spacial score (nSPS) is 10.3. The van der Waals surface area contributed by atoms with E-state index >= 15 is 0 Å². The van der Waals surface area contributed by atoms with Crippen LogP contribution in [0.1, 0.15) is 31.8 Å². The number of benzene rings is 3. The molecule has 0 radical (unpaired) electrons. The number of hydrazone groups is 1. The number of hydrogen-bond donors (Lipinski definition) is 1. The summed E-state index contributed by atoms with van der Waals surface area (Å²) in [6.07, 6.45) is 1.42. The highest BCUT2D eigenvalue weighted by atomic mass is 19.1. The predicted molar refractivity (Wildman–Crippen MR) is 104 cm³/mol. The molecule has 0 aliphatic carbocycles. The van der Waals surface area contributed by atoms with Gasteiger partial charge in [0, 0.05) is 5.56 Å². The molecule has 0 unspecified atom stereocenters. The van der Waals surface area contributed by atoms with E-state index in [1.807, 2.05) is 6.07 Å². The Morgan fingerprint density at radius 1 is 1.00 bits per heavy atom. The number of carbonyl (C=O) groups is 2. The van der Waals surface area contributed by atoms with E-state index in [2.05, 4.69) is 10.5 Å². The first-order chi connectivity index (χ1) is 14.1. The van der Waals surface area contributed by atoms with E-state index in [-0.39, 0.29) is 11.3 Å². The van der Waals surface area contributed by atoms with Crippen LogP contribution < -0.4 is 10.2 Å². The van der Waals surface area contributed by atoms with Crippen LogP contribution in [0.2, 0.25) is 0 Å². The third-order valence-electron chi connectivity index (χ3n) is 3.84. The molecule has 3 aromatic rings. The van der Waals surface area contributed by atoms with Crippen molar-refractivity contribution in [3.8, 4) is 11.8 Å². The average molecular weight is 387 g/mol. The minimum atomic E-state index is -0.792. The van der Waals surface area contributed by atoms with Gasteiger partial charge in [-0.2, -0.15) is 10.4 Å². The van der Waals surface area contributed by atoms with Gasteiger partial charge in [0.1, 0.15) is 11.6 Å². The first-order valence-electron chi connectivity index (χ1n) is 8.47. The van der Waals surface area contributed by atoms with Crippen molar-refractivity contribution in [3.05, 3.63) is 101 Å². The second-order valence-corrected chi connectivity index (χ2v) is 5.83. The number of nitriles is 1. The molecule has 0 saturated carbocycles. The van der Waals surface area contributed by atoms with Crippen LogP contribution in [-0.4, -0.2) is 18.1 Å². The maximum absolute atomic E-state index is 13.6. The molecule has 142 valence electrons. The summed E-state index contributed by atoms with van der Waals surface area (Å²) in [5, 5.41) is 12.6. The summed E-state index contributed by atoms with van der Waals surface area (Å²) < 4.78 is 18.7. The van der Waals surface area contributed by atoms with Crippen LogP contribution in [0.25, 0.3) is 0 Å². The highest BCUT2D eigenvalue weighted by Crippen LogP contribution is 2.15. The van der Waals surface area contributed by atoms with Gasteiger partial charge < -0.3 is 4.74 Å². The highest BCUT2D eigenvalue weighted by molar-refractivity contribution is 5.95. The lowest BCUT2D eigenvalue weighted by Gasteiger charge is -2.05. The molecule has 6 nitrogen and oxygen atoms in total. The number of ether oxygens (including phenoxy) is 1. The van der Waals surface area contributed by atoms with E-state index in [0.29, 0.717) is 16.7 Å². The van der Waals surface area contributed by atoms with Gasteiger partial charge in [0.05, 0.1) is 23.4 Å². The van der Waals surface area contributed by atoms with Gasteiger partial charge >= 0.3 is 5.97 Å². The van der Waals surface area contributed by atoms with Crippen LogP contribution in [0.4, 0.5) is 4.39 Å². The number of amides is 1. The molecule has 0 heterocycles. The van der Waals surface area contributed by atoms with E-state index in [4.69, 9.17) is 10.00 Å². The minimum absolute atomic E-state index is 0.149. The summed E-state index contributed by atoms with van der Waals surface area (Å²) in [4.78, 5) is 24.0. The van der Waals surface area contributed by atoms with Gasteiger partial charge in [-0.05, 0) is 66.2 Å². The summed E-state index contributed by atoms with van der Waals surface area (Å²) >= 11 is 0. The Morgan fingerprint density at radius 3 is 2.34 bits per heavy atom. The van der Waals surface area contributed by atoms with Gasteiger partial charge in [0.15, 0.2) is 0 Å². The van der Waals surface area contributed by atoms with Gasteiger partial charge in [-0.3, -0.25) is 4.79 Å². The van der Waals surface area contributed by atoms with Crippen LogP contribution in [0.3, 0.4) is 0 Å². The van der Waals surface area contributed by atoms with E-state index in [0.717, 1.165) is 0 Å². The summed E-state index contributed by atoms with van der Waals surface area (Å²) in [6, 6.07) is 20.0. The summed E-state index contributed by atoms with van der Waals surface area (Å²) in [5.74, 6) is -1.61. The van der Waals surface area contributed by atoms with E-state index < -0.39 is 17.7 Å². The van der Waals surface area contributed by atoms with Crippen LogP contribution in [-0.2, 0) is 0 Å². The molecule has 0 aliphatic rings. The molecule has 0 fully saturated rings. The highest BCUT2D eigenvalue weighted by Gasteiger charge is 2.13. The monoisotopic (exact) mass is 387 g/mol. The number of halogens is 1. The Morgan fingerprint density at radius 2 is 1.69 bits per heavy atom. The molecular formula is C22H14FN3O3. The van der Waals surface area contributed by atoms with Crippen LogP contribution in [0.5, 0.6) is 5.75 Å². The maximum atomic E-state index is 13.6. The fourth-order valence-corrected chi connectivity index (χ4v) is 2.34. The molecule has 0 bridgehead atoms. The molecule has 7 heteroatoms. The standard InChI is InChI=1S/C22H14FN3O3/c23-20-4-2-1-3-19(20)22(28)29-18-11-7-16(8-12-18)14-25-26-21(27)17-9-5-15(13-24)6-10-17/h1-12,14H,(H,26,27)/b25-14-. The van der Waals surface area contributed by atoms with E-state index in [9.17, 15) is 14.0 Å². The van der Waals surface area contributed by atoms with Gasteiger partial charge in [0.2, 0.25) is 0 Å². The second kappa shape index (κ2) is 9.06. The SMILES string of the molecule is N#Cc1ccc(C(=O)N/N=C\c2ccc(OC(=O)c3ccccc3F)cc2)cc1. The van der Waals surface area contributed by atoms with E-state index in [1.165, 1.54) is 48.7 Å². The van der Waals surface area contributed by atoms with Crippen molar-refractivity contribution < 1.29 is 18.7 Å². The second-order valence-electron chi connectivity index (χ2n) is 5.83. The smallest absolute Gasteiger partial charge is 0.346 e. The maximum Gasteiger partial charge on any atom is 0.346 e. The van der Waals surface area contributed by atoms with Crippen molar-refractivity contribution in [3.63, 3.8) is 0 Å². The first kappa shape index (κ1) is 19.5. The molecule has 0 saturated heterocycles. The van der Waals surface area contributed by atoms with Crippen LogP contribution >= 0.6 is 0 Å². The predicted octanol–water partition coefficient (Wildman–Crippen LogP) is 3.68. The number of nitrogens with zero attached hydrogens (tertiary/aromatic N) is 2. The number of carbonyl (C=O) groups excluding carboxylic acids is 2. The van der Waals surface area contributed by atoms with Crippen molar-refractivity contribution in [1.29, 1.82) is 5.26 Å². The van der Waals surface area contributed by atoms with Gasteiger partial charge in [-0.1, -0.05) is 12.1 Å². The molecule has 1 N–H and O–H groups in total. The Hall–Kier alpha value is -4.31. The zero-order valence-electron chi connectivity index (χ0n) is 15.0. The molecule has 3 aromatic carbocycles. The van der Waals surface area contributed by atoms with E-state index in [1.54, 1.807) is 30.3 Å². The van der Waals surface area contributed by atoms with Gasteiger partial charge in [-0.25, -0.2) is 14.6 Å². The summed E-state index contributed by atoms with van der Waals surface area (Å²) in [6.45, 7) is 0. The van der Waals surface area contributed by atoms with Crippen molar-refractivity contribution in [2.75, 3.05) is 0 Å². The zero-order valence-corrected chi connectivity index (χ0v) is 15.0. The molecule has 0 atom stereocenters. The molecule has 0 spiro atoms. The largest absolute Gasteiger partial charge is 0.423 e. The molecule has 0 aromatic heterocycles. The summed E-state index contributed by atoms with van der Waals surface area (Å²) in [7, 11) is 0. The molecule has 0 aliphatic heterocycles. The quantitative estimate of drug-likeness (QED) is 0.313. The third-order valence-corrected chi connectivity index (χ3v) is 3.84. The number of rotatable bonds is 5. The van der Waals surface area contributed by atoms with Crippen molar-refractivity contribution >= 4 is 18.1 Å². The number of hydrogen-bond acceptors (Lipinski definition) is 5. The Bertz CT molecular complexity index is 1100. The molecule has 3 rings (SSSR count). The van der Waals surface area contributed by atoms with Crippen molar-refractivity contribution in [1.82, 2.24) is 5.43 Å². The average Bonchev–Trinajstić information content (AvgIpc) is 2.75. The third kappa shape index (κ3) is 5.11.